The van der Waals surface area contributed by atoms with Gasteiger partial charge in [-0.1, -0.05) is 0 Å². The Hall–Kier alpha value is -4.15. The molecule has 0 radical (unpaired) electrons. The van der Waals surface area contributed by atoms with Gasteiger partial charge in [-0.2, -0.15) is 13.2 Å². The smallest absolute Gasteiger partial charge is 0.417 e. The number of ether oxygens (including phenoxy) is 2. The predicted molar refractivity (Wildman–Crippen MR) is 115 cm³/mol. The van der Waals surface area contributed by atoms with Crippen LogP contribution < -0.4 is 20.1 Å². The minimum atomic E-state index is -4.59. The maximum atomic E-state index is 12.9. The Kier molecular flexibility index (Phi) is 4.70. The number of amides is 2. The van der Waals surface area contributed by atoms with E-state index < -0.39 is 17.6 Å². The van der Waals surface area contributed by atoms with E-state index in [9.17, 15) is 22.8 Å². The van der Waals surface area contributed by atoms with Gasteiger partial charge in [0.25, 0.3) is 5.91 Å². The first-order valence-corrected chi connectivity index (χ1v) is 10.9. The number of carbonyl (C=O) groups is 2. The highest BCUT2D eigenvalue weighted by Crippen LogP contribution is 2.54. The average Bonchev–Trinajstić information content (AvgIpc) is 3.35. The third-order valence-electron chi connectivity index (χ3n) is 6.28. The Bertz CT molecular complexity index is 1380. The Morgan fingerprint density at radius 3 is 2.86 bits per heavy atom. The summed E-state index contributed by atoms with van der Waals surface area (Å²) >= 11 is 0. The molecule has 2 amide bonds. The molecule has 1 fully saturated rings. The maximum absolute atomic E-state index is 12.9. The zero-order chi connectivity index (χ0) is 24.3. The number of carbonyl (C=O) groups excluding carboxylic acids is 2. The number of benzene rings is 1. The molecule has 178 valence electrons. The molecule has 4 heterocycles. The molecule has 6 rings (SSSR count). The van der Waals surface area contributed by atoms with E-state index in [1.54, 1.807) is 24.4 Å². The van der Waals surface area contributed by atoms with Gasteiger partial charge in [-0.25, -0.2) is 4.98 Å². The van der Waals surface area contributed by atoms with Crippen molar-refractivity contribution in [1.29, 1.82) is 0 Å². The van der Waals surface area contributed by atoms with Gasteiger partial charge >= 0.3 is 6.18 Å². The van der Waals surface area contributed by atoms with E-state index in [0.29, 0.717) is 42.1 Å². The van der Waals surface area contributed by atoms with Crippen molar-refractivity contribution in [3.05, 3.63) is 71.2 Å². The molecule has 2 N–H and O–H groups in total. The summed E-state index contributed by atoms with van der Waals surface area (Å²) < 4.78 is 50.8. The van der Waals surface area contributed by atoms with Crippen LogP contribution in [0.5, 0.6) is 17.2 Å². The molecular weight excluding hydrogens is 465 g/mol. The van der Waals surface area contributed by atoms with Gasteiger partial charge in [-0.05, 0) is 36.8 Å². The Morgan fingerprint density at radius 1 is 1.17 bits per heavy atom. The molecule has 0 saturated heterocycles. The largest absolute Gasteiger partial charge is 0.487 e. The SMILES string of the molecule is O=C1CCc2c(Oc3ccc4c(c3)[C@H]3[C@@H](NC(=O)c5cncc(C(F)(F)F)c5)[C@H]3O4)ccnc2N1. The van der Waals surface area contributed by atoms with Crippen molar-refractivity contribution in [1.82, 2.24) is 15.3 Å². The fraction of sp³-hybridized carbons (Fsp3) is 0.250. The number of nitrogens with one attached hydrogen (secondary N) is 2. The molecule has 3 aliphatic rings. The molecule has 1 aliphatic carbocycles. The van der Waals surface area contributed by atoms with Crippen molar-refractivity contribution < 1.29 is 32.2 Å². The molecular formula is C24H17F3N4O4. The van der Waals surface area contributed by atoms with Gasteiger partial charge in [0.05, 0.1) is 23.1 Å². The third kappa shape index (κ3) is 3.82. The minimum absolute atomic E-state index is 0.0920. The predicted octanol–water partition coefficient (Wildman–Crippen LogP) is 3.83. The average molecular weight is 482 g/mol. The van der Waals surface area contributed by atoms with Crippen LogP contribution in [0.2, 0.25) is 0 Å². The number of anilines is 1. The second kappa shape index (κ2) is 7.69. The van der Waals surface area contributed by atoms with Crippen LogP contribution in [0.4, 0.5) is 19.0 Å². The molecule has 3 aromatic rings. The first-order chi connectivity index (χ1) is 16.8. The van der Waals surface area contributed by atoms with Crippen LogP contribution in [0.3, 0.4) is 0 Å². The van der Waals surface area contributed by atoms with Crippen molar-refractivity contribution in [3.63, 3.8) is 0 Å². The molecule has 2 aliphatic heterocycles. The van der Waals surface area contributed by atoms with E-state index >= 15 is 0 Å². The van der Waals surface area contributed by atoms with Gasteiger partial charge in [0.2, 0.25) is 5.91 Å². The molecule has 8 nitrogen and oxygen atoms in total. The fourth-order valence-corrected chi connectivity index (χ4v) is 4.51. The van der Waals surface area contributed by atoms with Gasteiger partial charge in [0.1, 0.15) is 29.2 Å². The normalized spacial score (nSPS) is 21.7. The van der Waals surface area contributed by atoms with Crippen molar-refractivity contribution in [2.75, 3.05) is 5.32 Å². The lowest BCUT2D eigenvalue weighted by Gasteiger charge is -2.19. The van der Waals surface area contributed by atoms with Gasteiger partial charge in [0.15, 0.2) is 0 Å². The van der Waals surface area contributed by atoms with E-state index in [0.717, 1.165) is 23.4 Å². The van der Waals surface area contributed by atoms with Crippen molar-refractivity contribution in [2.24, 2.45) is 0 Å². The molecule has 0 bridgehead atoms. The van der Waals surface area contributed by atoms with Gasteiger partial charge in [-0.3, -0.25) is 14.6 Å². The molecule has 1 saturated carbocycles. The number of fused-ring (bicyclic) bond motifs is 4. The Morgan fingerprint density at radius 2 is 2.03 bits per heavy atom. The lowest BCUT2D eigenvalue weighted by Crippen LogP contribution is -2.30. The van der Waals surface area contributed by atoms with Crippen LogP contribution in [0.25, 0.3) is 0 Å². The van der Waals surface area contributed by atoms with Gasteiger partial charge in [-0.15, -0.1) is 0 Å². The highest BCUT2D eigenvalue weighted by Gasteiger charge is 2.59. The van der Waals surface area contributed by atoms with E-state index in [-0.39, 0.29) is 29.5 Å². The number of nitrogens with zero attached hydrogens (tertiary/aromatic N) is 2. The summed E-state index contributed by atoms with van der Waals surface area (Å²) in [5.74, 6) is 1.42. The third-order valence-corrected chi connectivity index (χ3v) is 6.28. The summed E-state index contributed by atoms with van der Waals surface area (Å²) in [6.45, 7) is 0. The number of aromatic nitrogens is 2. The van der Waals surface area contributed by atoms with Crippen LogP contribution in [0.15, 0.2) is 48.9 Å². The van der Waals surface area contributed by atoms with Crippen LogP contribution >= 0.6 is 0 Å². The summed E-state index contributed by atoms with van der Waals surface area (Å²) in [4.78, 5) is 31.9. The van der Waals surface area contributed by atoms with E-state index in [1.165, 1.54) is 0 Å². The zero-order valence-electron chi connectivity index (χ0n) is 17.9. The van der Waals surface area contributed by atoms with Crippen LogP contribution in [0.1, 0.15) is 39.4 Å². The quantitative estimate of drug-likeness (QED) is 0.586. The standard InChI is InChI=1S/C24H17F3N4O4/c25-24(26,27)12-7-11(9-28-10-12)23(33)31-20-19-15-8-13(1-3-16(15)35-21(19)20)34-17-5-6-29-22-14(17)2-4-18(32)30-22/h1,3,5-10,19-21H,2,4H2,(H,31,33)(H,29,30,32)/t19-,20+,21-/m0/s1. The number of alkyl halides is 3. The van der Waals surface area contributed by atoms with Crippen molar-refractivity contribution in [2.45, 2.75) is 37.1 Å². The van der Waals surface area contributed by atoms with Crippen LogP contribution in [0, 0.1) is 0 Å². The van der Waals surface area contributed by atoms with Crippen molar-refractivity contribution in [3.8, 4) is 17.2 Å². The van der Waals surface area contributed by atoms with E-state index in [4.69, 9.17) is 9.47 Å². The molecule has 0 spiro atoms. The molecule has 2 aromatic heterocycles. The number of hydrogen-bond donors (Lipinski definition) is 2. The lowest BCUT2D eigenvalue weighted by molar-refractivity contribution is -0.137. The Labute approximate surface area is 196 Å². The van der Waals surface area contributed by atoms with Crippen LogP contribution in [-0.4, -0.2) is 33.9 Å². The molecule has 0 unspecified atom stereocenters. The van der Waals surface area contributed by atoms with E-state index in [1.807, 2.05) is 6.07 Å². The number of rotatable bonds is 4. The fourth-order valence-electron chi connectivity index (χ4n) is 4.51. The van der Waals surface area contributed by atoms with Crippen LogP contribution in [-0.2, 0) is 17.4 Å². The summed E-state index contributed by atoms with van der Waals surface area (Å²) in [5, 5.41) is 5.48. The zero-order valence-corrected chi connectivity index (χ0v) is 17.9. The number of halogens is 3. The van der Waals surface area contributed by atoms with Gasteiger partial charge in [0, 0.05) is 36.1 Å². The van der Waals surface area contributed by atoms with E-state index in [2.05, 4.69) is 20.6 Å². The summed E-state index contributed by atoms with van der Waals surface area (Å²) in [6, 6.07) is 7.50. The maximum Gasteiger partial charge on any atom is 0.417 e. The summed E-state index contributed by atoms with van der Waals surface area (Å²) in [7, 11) is 0. The summed E-state index contributed by atoms with van der Waals surface area (Å²) in [5.41, 5.74) is 0.503. The van der Waals surface area contributed by atoms with Gasteiger partial charge < -0.3 is 20.1 Å². The first kappa shape index (κ1) is 21.4. The second-order valence-electron chi connectivity index (χ2n) is 8.55. The minimum Gasteiger partial charge on any atom is -0.487 e. The molecule has 1 aromatic carbocycles. The monoisotopic (exact) mass is 482 g/mol. The topological polar surface area (TPSA) is 102 Å². The Balaban J connectivity index is 1.18. The molecule has 35 heavy (non-hydrogen) atoms. The van der Waals surface area contributed by atoms with Crippen molar-refractivity contribution >= 4 is 17.6 Å². The second-order valence-corrected chi connectivity index (χ2v) is 8.55. The molecule has 11 heteroatoms. The lowest BCUT2D eigenvalue weighted by atomic mass is 10.1. The summed E-state index contributed by atoms with van der Waals surface area (Å²) in [6.07, 6.45) is -0.689. The molecule has 3 atom stereocenters. The first-order valence-electron chi connectivity index (χ1n) is 10.9. The highest BCUT2D eigenvalue weighted by molar-refractivity contribution is 5.95. The number of pyridine rings is 2. The number of hydrogen-bond acceptors (Lipinski definition) is 6. The highest BCUT2D eigenvalue weighted by atomic mass is 19.4.